The second kappa shape index (κ2) is 6.53. The molecule has 0 fully saturated rings. The van der Waals surface area contributed by atoms with Crippen LogP contribution in [0, 0.1) is 11.6 Å². The summed E-state index contributed by atoms with van der Waals surface area (Å²) in [5.41, 5.74) is 1.46. The Morgan fingerprint density at radius 1 is 1.08 bits per heavy atom. The molecule has 132 valence electrons. The SMILES string of the molecule is COC(=O)[C@@H]1Cc2ccccc2CN1S(=O)(=O)c1c(F)cccc1F. The van der Waals surface area contributed by atoms with Gasteiger partial charge in [-0.15, -0.1) is 0 Å². The molecule has 1 aliphatic heterocycles. The van der Waals surface area contributed by atoms with Gasteiger partial charge in [-0.2, -0.15) is 4.31 Å². The van der Waals surface area contributed by atoms with Crippen LogP contribution in [-0.2, 0) is 32.5 Å². The molecule has 1 atom stereocenters. The number of benzene rings is 2. The summed E-state index contributed by atoms with van der Waals surface area (Å²) in [5.74, 6) is -3.19. The number of esters is 1. The molecule has 8 heteroatoms. The Bertz CT molecular complexity index is 910. The molecule has 3 rings (SSSR count). The molecule has 0 amide bonds. The van der Waals surface area contributed by atoms with Crippen LogP contribution in [-0.4, -0.2) is 31.8 Å². The van der Waals surface area contributed by atoms with Crippen molar-refractivity contribution in [3.63, 3.8) is 0 Å². The minimum absolute atomic E-state index is 0.0676. The van der Waals surface area contributed by atoms with Crippen molar-refractivity contribution in [1.82, 2.24) is 4.31 Å². The number of hydrogen-bond acceptors (Lipinski definition) is 4. The average molecular weight is 367 g/mol. The third-order valence-electron chi connectivity index (χ3n) is 4.16. The van der Waals surface area contributed by atoms with E-state index in [-0.39, 0.29) is 13.0 Å². The van der Waals surface area contributed by atoms with Gasteiger partial charge in [-0.1, -0.05) is 30.3 Å². The number of halogens is 2. The van der Waals surface area contributed by atoms with Crippen LogP contribution in [0.2, 0.25) is 0 Å². The molecule has 0 aliphatic carbocycles. The molecule has 0 radical (unpaired) electrons. The summed E-state index contributed by atoms with van der Waals surface area (Å²) in [6.45, 7) is -0.175. The number of hydrogen-bond donors (Lipinski definition) is 0. The van der Waals surface area contributed by atoms with Crippen LogP contribution in [0.3, 0.4) is 0 Å². The van der Waals surface area contributed by atoms with Crippen LogP contribution >= 0.6 is 0 Å². The van der Waals surface area contributed by atoms with Gasteiger partial charge in [0.25, 0.3) is 0 Å². The van der Waals surface area contributed by atoms with Gasteiger partial charge in [0, 0.05) is 13.0 Å². The van der Waals surface area contributed by atoms with Crippen molar-refractivity contribution < 1.29 is 26.7 Å². The molecule has 25 heavy (non-hydrogen) atoms. The molecular formula is C17H15F2NO4S. The summed E-state index contributed by atoms with van der Waals surface area (Å²) in [6.07, 6.45) is 0.0676. The molecule has 0 saturated carbocycles. The largest absolute Gasteiger partial charge is 0.468 e. The van der Waals surface area contributed by atoms with Crippen molar-refractivity contribution in [3.8, 4) is 0 Å². The van der Waals surface area contributed by atoms with Gasteiger partial charge in [0.15, 0.2) is 4.90 Å². The van der Waals surface area contributed by atoms with Crippen molar-refractivity contribution in [2.75, 3.05) is 7.11 Å². The molecular weight excluding hydrogens is 352 g/mol. The Labute approximate surface area is 143 Å². The van der Waals surface area contributed by atoms with Gasteiger partial charge < -0.3 is 4.74 Å². The maximum atomic E-state index is 14.0. The monoisotopic (exact) mass is 367 g/mol. The fourth-order valence-corrected chi connectivity index (χ4v) is 4.60. The lowest BCUT2D eigenvalue weighted by molar-refractivity contribution is -0.145. The lowest BCUT2D eigenvalue weighted by Gasteiger charge is -2.34. The number of methoxy groups -OCH3 is 1. The fraction of sp³-hybridized carbons (Fsp3) is 0.235. The van der Waals surface area contributed by atoms with Crippen LogP contribution < -0.4 is 0 Å². The zero-order valence-electron chi connectivity index (χ0n) is 13.3. The summed E-state index contributed by atoms with van der Waals surface area (Å²) >= 11 is 0. The highest BCUT2D eigenvalue weighted by Gasteiger charge is 2.42. The minimum atomic E-state index is -4.59. The van der Waals surface area contributed by atoms with Crippen molar-refractivity contribution in [2.45, 2.75) is 23.9 Å². The topological polar surface area (TPSA) is 63.7 Å². The fourth-order valence-electron chi connectivity index (χ4n) is 2.93. The summed E-state index contributed by atoms with van der Waals surface area (Å²) in [7, 11) is -3.45. The van der Waals surface area contributed by atoms with Crippen LogP contribution in [0.1, 0.15) is 11.1 Å². The maximum Gasteiger partial charge on any atom is 0.324 e. The lowest BCUT2D eigenvalue weighted by Crippen LogP contribution is -2.49. The van der Waals surface area contributed by atoms with E-state index in [4.69, 9.17) is 4.74 Å². The van der Waals surface area contributed by atoms with Crippen molar-refractivity contribution in [3.05, 3.63) is 65.2 Å². The van der Waals surface area contributed by atoms with Crippen molar-refractivity contribution in [2.24, 2.45) is 0 Å². The predicted octanol–water partition coefficient (Wildman–Crippen LogP) is 2.25. The Morgan fingerprint density at radius 2 is 1.68 bits per heavy atom. The van der Waals surface area contributed by atoms with Crippen LogP contribution in [0.5, 0.6) is 0 Å². The van der Waals surface area contributed by atoms with Crippen molar-refractivity contribution >= 4 is 16.0 Å². The standard InChI is InChI=1S/C17H15F2NO4S/c1-24-17(21)15-9-11-5-2-3-6-12(11)10-20(15)25(22,23)16-13(18)7-4-8-14(16)19/h2-8,15H,9-10H2,1H3/t15-/m0/s1. The van der Waals surface area contributed by atoms with E-state index in [1.54, 1.807) is 24.3 Å². The molecule has 0 bridgehead atoms. The number of carbonyl (C=O) groups excluding carboxylic acids is 1. The molecule has 1 aliphatic rings. The van der Waals surface area contributed by atoms with Crippen LogP contribution in [0.15, 0.2) is 47.4 Å². The quantitative estimate of drug-likeness (QED) is 0.781. The third kappa shape index (κ3) is 3.03. The minimum Gasteiger partial charge on any atom is -0.468 e. The van der Waals surface area contributed by atoms with E-state index in [0.717, 1.165) is 35.2 Å². The average Bonchev–Trinajstić information content (AvgIpc) is 2.59. The highest BCUT2D eigenvalue weighted by atomic mass is 32.2. The van der Waals surface area contributed by atoms with E-state index in [9.17, 15) is 22.0 Å². The van der Waals surface area contributed by atoms with Gasteiger partial charge in [0.2, 0.25) is 10.0 Å². The number of fused-ring (bicyclic) bond motifs is 1. The van der Waals surface area contributed by atoms with E-state index in [1.807, 2.05) is 0 Å². The molecule has 0 saturated heterocycles. The first-order valence-corrected chi connectivity index (χ1v) is 8.90. The zero-order chi connectivity index (χ0) is 18.2. The number of carbonyl (C=O) groups is 1. The van der Waals surface area contributed by atoms with Gasteiger partial charge in [0.1, 0.15) is 17.7 Å². The first kappa shape index (κ1) is 17.5. The summed E-state index contributed by atoms with van der Waals surface area (Å²) < 4.78 is 59.4. The highest BCUT2D eigenvalue weighted by molar-refractivity contribution is 7.89. The zero-order valence-corrected chi connectivity index (χ0v) is 14.1. The first-order chi connectivity index (χ1) is 11.9. The summed E-state index contributed by atoms with van der Waals surface area (Å²) in [6, 6.07) is 8.60. The molecule has 0 N–H and O–H groups in total. The second-order valence-electron chi connectivity index (χ2n) is 5.61. The Balaban J connectivity index is 2.14. The Kier molecular flexibility index (Phi) is 4.57. The van der Waals surface area contributed by atoms with Gasteiger partial charge in [0.05, 0.1) is 7.11 Å². The molecule has 5 nitrogen and oxygen atoms in total. The predicted molar refractivity (Wildman–Crippen MR) is 85.0 cm³/mol. The molecule has 1 heterocycles. The van der Waals surface area contributed by atoms with E-state index in [1.165, 1.54) is 0 Å². The number of ether oxygens (including phenoxy) is 1. The molecule has 0 spiro atoms. The van der Waals surface area contributed by atoms with E-state index in [2.05, 4.69) is 0 Å². The van der Waals surface area contributed by atoms with Gasteiger partial charge >= 0.3 is 5.97 Å². The number of nitrogens with zero attached hydrogens (tertiary/aromatic N) is 1. The molecule has 2 aromatic carbocycles. The van der Waals surface area contributed by atoms with Crippen molar-refractivity contribution in [1.29, 1.82) is 0 Å². The van der Waals surface area contributed by atoms with E-state index in [0.29, 0.717) is 5.56 Å². The van der Waals surface area contributed by atoms with E-state index < -0.39 is 38.6 Å². The van der Waals surface area contributed by atoms with Crippen LogP contribution in [0.25, 0.3) is 0 Å². The molecule has 0 aromatic heterocycles. The Morgan fingerprint density at radius 3 is 2.28 bits per heavy atom. The van der Waals surface area contributed by atoms with Gasteiger partial charge in [-0.3, -0.25) is 4.79 Å². The first-order valence-electron chi connectivity index (χ1n) is 7.46. The molecule has 0 unspecified atom stereocenters. The lowest BCUT2D eigenvalue weighted by atomic mass is 9.96. The molecule has 2 aromatic rings. The normalized spacial score (nSPS) is 17.8. The summed E-state index contributed by atoms with van der Waals surface area (Å²) in [4.78, 5) is 11.1. The second-order valence-corrected chi connectivity index (χ2v) is 7.44. The van der Waals surface area contributed by atoms with Crippen LogP contribution in [0.4, 0.5) is 8.78 Å². The third-order valence-corrected chi connectivity index (χ3v) is 6.07. The summed E-state index contributed by atoms with van der Waals surface area (Å²) in [5, 5.41) is 0. The number of rotatable bonds is 3. The van der Waals surface area contributed by atoms with Gasteiger partial charge in [-0.05, 0) is 23.3 Å². The van der Waals surface area contributed by atoms with Gasteiger partial charge in [-0.25, -0.2) is 17.2 Å². The number of sulfonamides is 1. The Hall–Kier alpha value is -2.32. The maximum absolute atomic E-state index is 14.0. The van der Waals surface area contributed by atoms with E-state index >= 15 is 0 Å². The smallest absolute Gasteiger partial charge is 0.324 e. The highest BCUT2D eigenvalue weighted by Crippen LogP contribution is 2.31.